The summed E-state index contributed by atoms with van der Waals surface area (Å²) < 4.78 is 0. The lowest BCUT2D eigenvalue weighted by atomic mass is 10.0. The monoisotopic (exact) mass is 273 g/mol. The highest BCUT2D eigenvalue weighted by Gasteiger charge is 2.31. The highest BCUT2D eigenvalue weighted by molar-refractivity contribution is 6.22. The summed E-state index contributed by atoms with van der Waals surface area (Å²) in [7, 11) is 0. The van der Waals surface area contributed by atoms with Crippen LogP contribution in [0.3, 0.4) is 0 Å². The normalized spacial score (nSPS) is 21.1. The molecule has 3 rings (SSSR count). The van der Waals surface area contributed by atoms with E-state index < -0.39 is 0 Å². The fourth-order valence-electron chi connectivity index (χ4n) is 2.71. The smallest absolute Gasteiger partial charge is 0.224 e. The Morgan fingerprint density at radius 3 is 2.63 bits per heavy atom. The molecule has 2 atom stereocenters. The van der Waals surface area contributed by atoms with Crippen molar-refractivity contribution >= 4 is 28.3 Å². The van der Waals surface area contributed by atoms with Crippen LogP contribution >= 0.6 is 11.6 Å². The van der Waals surface area contributed by atoms with Crippen molar-refractivity contribution in [2.75, 3.05) is 6.54 Å². The summed E-state index contributed by atoms with van der Waals surface area (Å²) in [4.78, 5) is 13.8. The average Bonchev–Trinajstić information content (AvgIpc) is 2.76. The zero-order valence-corrected chi connectivity index (χ0v) is 11.6. The second-order valence-electron chi connectivity index (χ2n) is 5.13. The van der Waals surface area contributed by atoms with E-state index in [1.807, 2.05) is 17.0 Å². The minimum Gasteiger partial charge on any atom is -0.334 e. The molecule has 2 unspecified atom stereocenters. The first-order valence-electron chi connectivity index (χ1n) is 6.57. The largest absolute Gasteiger partial charge is 0.334 e. The molecule has 0 aliphatic carbocycles. The van der Waals surface area contributed by atoms with E-state index in [9.17, 15) is 4.79 Å². The van der Waals surface area contributed by atoms with E-state index >= 15 is 0 Å². The number of rotatable bonds is 2. The van der Waals surface area contributed by atoms with E-state index in [0.717, 1.165) is 5.56 Å². The fraction of sp³-hybridized carbons (Fsp3) is 0.312. The zero-order valence-electron chi connectivity index (χ0n) is 10.8. The van der Waals surface area contributed by atoms with Gasteiger partial charge in [0.25, 0.3) is 0 Å². The number of amides is 1. The van der Waals surface area contributed by atoms with Gasteiger partial charge in [-0.25, -0.2) is 0 Å². The number of alkyl halides is 1. The molecule has 0 radical (unpaired) electrons. The maximum atomic E-state index is 11.9. The molecule has 2 aromatic carbocycles. The number of hydrogen-bond acceptors (Lipinski definition) is 1. The summed E-state index contributed by atoms with van der Waals surface area (Å²) in [6, 6.07) is 14.7. The summed E-state index contributed by atoms with van der Waals surface area (Å²) in [5.74, 6) is 0.153. The molecule has 0 aromatic heterocycles. The van der Waals surface area contributed by atoms with Gasteiger partial charge < -0.3 is 4.90 Å². The molecule has 3 heteroatoms. The van der Waals surface area contributed by atoms with Gasteiger partial charge in [-0.3, -0.25) is 4.79 Å². The highest BCUT2D eigenvalue weighted by atomic mass is 35.5. The molecule has 2 nitrogen and oxygen atoms in total. The van der Waals surface area contributed by atoms with E-state index in [1.165, 1.54) is 10.8 Å². The van der Waals surface area contributed by atoms with Crippen molar-refractivity contribution in [1.82, 2.24) is 4.90 Å². The Balaban J connectivity index is 1.93. The van der Waals surface area contributed by atoms with Gasteiger partial charge >= 0.3 is 0 Å². The van der Waals surface area contributed by atoms with E-state index in [0.29, 0.717) is 13.0 Å². The number of halogens is 1. The molecule has 0 bridgehead atoms. The first kappa shape index (κ1) is 12.5. The Bertz CT molecular complexity index is 625. The van der Waals surface area contributed by atoms with Crippen LogP contribution in [0, 0.1) is 0 Å². The summed E-state index contributed by atoms with van der Waals surface area (Å²) in [6.45, 7) is 2.71. The van der Waals surface area contributed by atoms with Crippen LogP contribution in [0.15, 0.2) is 42.5 Å². The molecule has 1 heterocycles. The minimum absolute atomic E-state index is 0.0459. The molecule has 2 aromatic rings. The van der Waals surface area contributed by atoms with Crippen LogP contribution in [0.1, 0.15) is 24.9 Å². The molecule has 0 spiro atoms. The topological polar surface area (TPSA) is 20.3 Å². The molecule has 1 fully saturated rings. The molecule has 1 aliphatic rings. The third kappa shape index (κ3) is 2.33. The van der Waals surface area contributed by atoms with Crippen LogP contribution in [0.2, 0.25) is 0 Å². The Morgan fingerprint density at radius 1 is 1.21 bits per heavy atom. The van der Waals surface area contributed by atoms with Crippen LogP contribution in [0.25, 0.3) is 10.8 Å². The van der Waals surface area contributed by atoms with Gasteiger partial charge in [-0.15, -0.1) is 11.6 Å². The molecule has 0 saturated carbocycles. The zero-order chi connectivity index (χ0) is 13.4. The molecular formula is C16H16ClNO. The highest BCUT2D eigenvalue weighted by Crippen LogP contribution is 2.29. The Morgan fingerprint density at radius 2 is 1.95 bits per heavy atom. The van der Waals surface area contributed by atoms with Crippen LogP contribution in [-0.4, -0.2) is 22.7 Å². The van der Waals surface area contributed by atoms with Gasteiger partial charge in [0, 0.05) is 13.0 Å². The van der Waals surface area contributed by atoms with Crippen molar-refractivity contribution in [3.63, 3.8) is 0 Å². The first-order valence-corrected chi connectivity index (χ1v) is 7.01. The van der Waals surface area contributed by atoms with Crippen LogP contribution in [0.5, 0.6) is 0 Å². The van der Waals surface area contributed by atoms with Crippen molar-refractivity contribution in [2.45, 2.75) is 24.8 Å². The number of fused-ring (bicyclic) bond motifs is 1. The fourth-order valence-corrected chi connectivity index (χ4v) is 2.99. The van der Waals surface area contributed by atoms with Crippen molar-refractivity contribution < 1.29 is 4.79 Å². The lowest BCUT2D eigenvalue weighted by molar-refractivity contribution is -0.129. The first-order chi connectivity index (χ1) is 9.15. The predicted octanol–water partition coefficient (Wildman–Crippen LogP) is 3.74. The summed E-state index contributed by atoms with van der Waals surface area (Å²) in [5, 5.41) is 2.39. The Labute approximate surface area is 118 Å². The number of carbonyl (C=O) groups is 1. The quantitative estimate of drug-likeness (QED) is 0.764. The van der Waals surface area contributed by atoms with Crippen molar-refractivity contribution in [3.05, 3.63) is 48.0 Å². The lowest BCUT2D eigenvalue weighted by Crippen LogP contribution is -2.28. The number of benzene rings is 2. The maximum absolute atomic E-state index is 11.9. The Hall–Kier alpha value is -1.54. The van der Waals surface area contributed by atoms with Gasteiger partial charge in [0.15, 0.2) is 0 Å². The second-order valence-corrected chi connectivity index (χ2v) is 5.75. The number of likely N-dealkylation sites (tertiary alicyclic amines) is 1. The number of carbonyl (C=O) groups excluding carboxylic acids is 1. The third-order valence-corrected chi connectivity index (χ3v) is 4.13. The van der Waals surface area contributed by atoms with Crippen LogP contribution in [-0.2, 0) is 4.79 Å². The SMILES string of the molecule is CC(c1ccc2ccccc2c1)N1CC(Cl)CC1=O. The van der Waals surface area contributed by atoms with Crippen molar-refractivity contribution in [3.8, 4) is 0 Å². The molecule has 1 amide bonds. The van der Waals surface area contributed by atoms with Crippen molar-refractivity contribution in [2.24, 2.45) is 0 Å². The van der Waals surface area contributed by atoms with E-state index in [4.69, 9.17) is 11.6 Å². The molecular weight excluding hydrogens is 258 g/mol. The van der Waals surface area contributed by atoms with Gasteiger partial charge in [-0.05, 0) is 29.3 Å². The number of hydrogen-bond donors (Lipinski definition) is 0. The van der Waals surface area contributed by atoms with Crippen LogP contribution < -0.4 is 0 Å². The predicted molar refractivity (Wildman–Crippen MR) is 78.3 cm³/mol. The molecule has 0 N–H and O–H groups in total. The van der Waals surface area contributed by atoms with Gasteiger partial charge in [0.2, 0.25) is 5.91 Å². The van der Waals surface area contributed by atoms with Gasteiger partial charge in [0.05, 0.1) is 11.4 Å². The second kappa shape index (κ2) is 4.86. The van der Waals surface area contributed by atoms with Gasteiger partial charge in [0.1, 0.15) is 0 Å². The van der Waals surface area contributed by atoms with Gasteiger partial charge in [-0.1, -0.05) is 36.4 Å². The third-order valence-electron chi connectivity index (χ3n) is 3.83. The van der Waals surface area contributed by atoms with E-state index in [1.54, 1.807) is 0 Å². The summed E-state index contributed by atoms with van der Waals surface area (Å²) in [5.41, 5.74) is 1.16. The van der Waals surface area contributed by atoms with Crippen molar-refractivity contribution in [1.29, 1.82) is 0 Å². The summed E-state index contributed by atoms with van der Waals surface area (Å²) in [6.07, 6.45) is 0.458. The standard InChI is InChI=1S/C16H16ClNO/c1-11(18-10-15(17)9-16(18)19)13-7-6-12-4-2-3-5-14(12)8-13/h2-8,11,15H,9-10H2,1H3. The minimum atomic E-state index is -0.0459. The maximum Gasteiger partial charge on any atom is 0.224 e. The molecule has 1 aliphatic heterocycles. The van der Waals surface area contributed by atoms with Crippen LogP contribution in [0.4, 0.5) is 0 Å². The lowest BCUT2D eigenvalue weighted by Gasteiger charge is -2.25. The van der Waals surface area contributed by atoms with Gasteiger partial charge in [-0.2, -0.15) is 0 Å². The Kier molecular flexibility index (Phi) is 3.19. The van der Waals surface area contributed by atoms with E-state index in [-0.39, 0.29) is 17.3 Å². The molecule has 98 valence electrons. The summed E-state index contributed by atoms with van der Waals surface area (Å²) >= 11 is 6.07. The van der Waals surface area contributed by atoms with E-state index in [2.05, 4.69) is 37.3 Å². The number of nitrogens with zero attached hydrogens (tertiary/aromatic N) is 1. The molecule has 19 heavy (non-hydrogen) atoms. The molecule has 1 saturated heterocycles. The average molecular weight is 274 g/mol.